The monoisotopic (exact) mass is 207 g/mol. The summed E-state index contributed by atoms with van der Waals surface area (Å²) in [7, 11) is 0. The molecule has 0 bridgehead atoms. The molecule has 0 spiro atoms. The van der Waals surface area contributed by atoms with Crippen LogP contribution in [-0.2, 0) is 0 Å². The van der Waals surface area contributed by atoms with Gasteiger partial charge in [0.15, 0.2) is 0 Å². The molecular weight excluding hydrogens is 194 g/mol. The summed E-state index contributed by atoms with van der Waals surface area (Å²) in [5, 5.41) is 12.0. The molecule has 2 rings (SSSR count). The van der Waals surface area contributed by atoms with Crippen molar-refractivity contribution in [2.24, 2.45) is 5.73 Å². The Hall–Kier alpha value is -1.62. The first-order valence-electron chi connectivity index (χ1n) is 4.85. The van der Waals surface area contributed by atoms with E-state index in [1.807, 2.05) is 0 Å². The first-order valence-corrected chi connectivity index (χ1v) is 4.85. The number of rotatable bonds is 2. The van der Waals surface area contributed by atoms with Crippen molar-refractivity contribution in [2.75, 3.05) is 0 Å². The minimum atomic E-state index is -0.213. The summed E-state index contributed by atoms with van der Waals surface area (Å²) in [6.07, 6.45) is 4.35. The molecule has 5 nitrogen and oxygen atoms in total. The number of pyridine rings is 1. The summed E-state index contributed by atoms with van der Waals surface area (Å²) >= 11 is 0. The van der Waals surface area contributed by atoms with Gasteiger partial charge < -0.3 is 16.2 Å². The summed E-state index contributed by atoms with van der Waals surface area (Å²) < 4.78 is 0. The SMILES string of the molecule is NC1CC(NC(=O)c2cncc(O)c2)C1. The van der Waals surface area contributed by atoms with Crippen LogP contribution in [0.3, 0.4) is 0 Å². The quantitative estimate of drug-likeness (QED) is 0.637. The lowest BCUT2D eigenvalue weighted by molar-refractivity contribution is 0.0909. The van der Waals surface area contributed by atoms with Crippen LogP contribution in [0.5, 0.6) is 5.75 Å². The zero-order valence-corrected chi connectivity index (χ0v) is 8.18. The summed E-state index contributed by atoms with van der Waals surface area (Å²) in [5.74, 6) is -0.219. The smallest absolute Gasteiger partial charge is 0.253 e. The molecule has 4 N–H and O–H groups in total. The first-order chi connectivity index (χ1) is 7.15. The molecule has 1 aliphatic rings. The van der Waals surface area contributed by atoms with Gasteiger partial charge in [0.05, 0.1) is 11.8 Å². The zero-order chi connectivity index (χ0) is 10.8. The van der Waals surface area contributed by atoms with Crippen molar-refractivity contribution >= 4 is 5.91 Å². The predicted octanol–water partition coefficient (Wildman–Crippen LogP) is 0.00670. The van der Waals surface area contributed by atoms with Gasteiger partial charge in [0.2, 0.25) is 0 Å². The number of nitrogens with zero attached hydrogens (tertiary/aromatic N) is 1. The lowest BCUT2D eigenvalue weighted by atomic mass is 9.87. The topological polar surface area (TPSA) is 88.2 Å². The third kappa shape index (κ3) is 2.24. The lowest BCUT2D eigenvalue weighted by Gasteiger charge is -2.32. The fourth-order valence-corrected chi connectivity index (χ4v) is 1.60. The van der Waals surface area contributed by atoms with Crippen LogP contribution in [0.2, 0.25) is 0 Å². The van der Waals surface area contributed by atoms with Crippen molar-refractivity contribution in [1.29, 1.82) is 0 Å². The van der Waals surface area contributed by atoms with Gasteiger partial charge in [-0.1, -0.05) is 0 Å². The summed E-state index contributed by atoms with van der Waals surface area (Å²) in [6, 6.07) is 1.76. The molecule has 0 unspecified atom stereocenters. The number of hydrogen-bond acceptors (Lipinski definition) is 4. The maximum atomic E-state index is 11.6. The second-order valence-electron chi connectivity index (χ2n) is 3.83. The van der Waals surface area contributed by atoms with Crippen LogP contribution in [0, 0.1) is 0 Å². The average molecular weight is 207 g/mol. The second kappa shape index (κ2) is 3.86. The minimum Gasteiger partial charge on any atom is -0.506 e. The number of carbonyl (C=O) groups excluding carboxylic acids is 1. The summed E-state index contributed by atoms with van der Waals surface area (Å²) in [4.78, 5) is 15.3. The van der Waals surface area contributed by atoms with Crippen LogP contribution < -0.4 is 11.1 Å². The number of aromatic hydroxyl groups is 1. The maximum Gasteiger partial charge on any atom is 0.253 e. The van der Waals surface area contributed by atoms with Gasteiger partial charge in [-0.05, 0) is 18.9 Å². The first kappa shape index (κ1) is 9.92. The molecule has 1 fully saturated rings. The maximum absolute atomic E-state index is 11.6. The van der Waals surface area contributed by atoms with Crippen LogP contribution >= 0.6 is 0 Å². The normalized spacial score (nSPS) is 24.3. The van der Waals surface area contributed by atoms with Gasteiger partial charge in [0.25, 0.3) is 5.91 Å². The van der Waals surface area contributed by atoms with Crippen LogP contribution in [-0.4, -0.2) is 28.1 Å². The number of carbonyl (C=O) groups is 1. The molecule has 0 aliphatic heterocycles. The fraction of sp³-hybridized carbons (Fsp3) is 0.400. The Morgan fingerprint density at radius 1 is 1.53 bits per heavy atom. The molecule has 0 atom stereocenters. The van der Waals surface area contributed by atoms with Gasteiger partial charge in [-0.3, -0.25) is 9.78 Å². The highest BCUT2D eigenvalue weighted by molar-refractivity contribution is 5.94. The Morgan fingerprint density at radius 3 is 2.87 bits per heavy atom. The molecule has 80 valence electrons. The Bertz CT molecular complexity index is 375. The Morgan fingerprint density at radius 2 is 2.27 bits per heavy atom. The van der Waals surface area contributed by atoms with Gasteiger partial charge in [-0.15, -0.1) is 0 Å². The molecule has 15 heavy (non-hydrogen) atoms. The van der Waals surface area contributed by atoms with E-state index in [1.54, 1.807) is 0 Å². The number of nitrogens with two attached hydrogens (primary N) is 1. The van der Waals surface area contributed by atoms with Crippen molar-refractivity contribution in [3.63, 3.8) is 0 Å². The van der Waals surface area contributed by atoms with Gasteiger partial charge in [-0.2, -0.15) is 0 Å². The fourth-order valence-electron chi connectivity index (χ4n) is 1.60. The molecule has 1 saturated carbocycles. The van der Waals surface area contributed by atoms with E-state index in [-0.39, 0.29) is 23.7 Å². The molecule has 1 aliphatic carbocycles. The largest absolute Gasteiger partial charge is 0.506 e. The highest BCUT2D eigenvalue weighted by Gasteiger charge is 2.27. The third-order valence-corrected chi connectivity index (χ3v) is 2.50. The van der Waals surface area contributed by atoms with E-state index in [0.717, 1.165) is 12.8 Å². The average Bonchev–Trinajstić information content (AvgIpc) is 2.15. The van der Waals surface area contributed by atoms with E-state index in [9.17, 15) is 4.79 Å². The standard InChI is InChI=1S/C10H13N3O2/c11-7-2-8(3-7)13-10(15)6-1-9(14)5-12-4-6/h1,4-5,7-8,14H,2-3,11H2,(H,13,15). The molecule has 0 aromatic carbocycles. The molecule has 1 heterocycles. The van der Waals surface area contributed by atoms with Gasteiger partial charge in [0.1, 0.15) is 5.75 Å². The predicted molar refractivity (Wildman–Crippen MR) is 54.4 cm³/mol. The van der Waals surface area contributed by atoms with Crippen LogP contribution in [0.4, 0.5) is 0 Å². The number of amides is 1. The Labute approximate surface area is 87.3 Å². The van der Waals surface area contributed by atoms with E-state index in [4.69, 9.17) is 10.8 Å². The molecule has 1 aromatic heterocycles. The van der Waals surface area contributed by atoms with Crippen molar-refractivity contribution in [2.45, 2.75) is 24.9 Å². The van der Waals surface area contributed by atoms with Gasteiger partial charge in [-0.25, -0.2) is 0 Å². The summed E-state index contributed by atoms with van der Waals surface area (Å²) in [5.41, 5.74) is 5.97. The highest BCUT2D eigenvalue weighted by atomic mass is 16.3. The molecule has 0 saturated heterocycles. The summed E-state index contributed by atoms with van der Waals surface area (Å²) in [6.45, 7) is 0. The molecule has 1 amide bonds. The molecular formula is C10H13N3O2. The second-order valence-corrected chi connectivity index (χ2v) is 3.83. The van der Waals surface area contributed by atoms with Crippen LogP contribution in [0.1, 0.15) is 23.2 Å². The van der Waals surface area contributed by atoms with E-state index in [1.165, 1.54) is 18.5 Å². The van der Waals surface area contributed by atoms with Crippen LogP contribution in [0.15, 0.2) is 18.5 Å². The number of nitrogens with one attached hydrogen (secondary N) is 1. The van der Waals surface area contributed by atoms with Crippen molar-refractivity contribution in [3.05, 3.63) is 24.0 Å². The number of hydrogen-bond donors (Lipinski definition) is 3. The molecule has 5 heteroatoms. The zero-order valence-electron chi connectivity index (χ0n) is 8.18. The molecule has 0 radical (unpaired) electrons. The Kier molecular flexibility index (Phi) is 2.55. The highest BCUT2D eigenvalue weighted by Crippen LogP contribution is 2.18. The number of aromatic nitrogens is 1. The van der Waals surface area contributed by atoms with E-state index in [0.29, 0.717) is 5.56 Å². The van der Waals surface area contributed by atoms with Crippen LogP contribution in [0.25, 0.3) is 0 Å². The van der Waals surface area contributed by atoms with Gasteiger partial charge >= 0.3 is 0 Å². The van der Waals surface area contributed by atoms with Crippen molar-refractivity contribution in [1.82, 2.24) is 10.3 Å². The third-order valence-electron chi connectivity index (χ3n) is 2.50. The lowest BCUT2D eigenvalue weighted by Crippen LogP contribution is -2.50. The van der Waals surface area contributed by atoms with Crippen molar-refractivity contribution < 1.29 is 9.90 Å². The Balaban J connectivity index is 1.96. The minimum absolute atomic E-state index is 0.00652. The van der Waals surface area contributed by atoms with E-state index >= 15 is 0 Å². The van der Waals surface area contributed by atoms with E-state index in [2.05, 4.69) is 10.3 Å². The van der Waals surface area contributed by atoms with Crippen molar-refractivity contribution in [3.8, 4) is 5.75 Å². The van der Waals surface area contributed by atoms with E-state index < -0.39 is 0 Å². The van der Waals surface area contributed by atoms with Gasteiger partial charge in [0, 0.05) is 18.3 Å². The molecule has 1 aromatic rings.